The van der Waals surface area contributed by atoms with E-state index < -0.39 is 0 Å². The van der Waals surface area contributed by atoms with Crippen LogP contribution >= 0.6 is 0 Å². The minimum absolute atomic E-state index is 0.512. The number of pyridine rings is 1. The maximum Gasteiger partial charge on any atom is 0.220 e. The molecular formula is C26H34N+. The van der Waals surface area contributed by atoms with E-state index in [0.717, 1.165) is 30.3 Å². The van der Waals surface area contributed by atoms with Gasteiger partial charge < -0.3 is 0 Å². The summed E-state index contributed by atoms with van der Waals surface area (Å²) in [7, 11) is 2.11. The summed E-state index contributed by atoms with van der Waals surface area (Å²) in [6, 6.07) is 12.1. The first-order chi connectivity index (χ1) is 13.3. The predicted molar refractivity (Wildman–Crippen MR) is 117 cm³/mol. The van der Waals surface area contributed by atoms with Gasteiger partial charge >= 0.3 is 0 Å². The van der Waals surface area contributed by atoms with Crippen molar-refractivity contribution in [1.82, 2.24) is 0 Å². The van der Waals surface area contributed by atoms with Crippen LogP contribution in [0.5, 0.6) is 0 Å². The van der Waals surface area contributed by atoms with Gasteiger partial charge in [0.1, 0.15) is 7.05 Å². The molecule has 0 amide bonds. The number of fused-ring (bicyclic) bond motifs is 1. The molecule has 0 aliphatic rings. The lowest BCUT2D eigenvalue weighted by Gasteiger charge is -2.16. The molecule has 1 heterocycles. The highest BCUT2D eigenvalue weighted by molar-refractivity contribution is 5.94. The second kappa shape index (κ2) is 7.84. The molecule has 1 aromatic heterocycles. The van der Waals surface area contributed by atoms with Crippen molar-refractivity contribution in [3.63, 3.8) is 0 Å². The molecule has 0 radical (unpaired) electrons. The van der Waals surface area contributed by atoms with E-state index in [0.29, 0.717) is 12.0 Å². The quantitative estimate of drug-likeness (QED) is 0.452. The minimum Gasteiger partial charge on any atom is -0.198 e. The molecule has 2 aromatic carbocycles. The Morgan fingerprint density at radius 1 is 1.04 bits per heavy atom. The maximum atomic E-state index is 8.77. The topological polar surface area (TPSA) is 3.88 Å². The molecule has 3 aromatic rings. The summed E-state index contributed by atoms with van der Waals surface area (Å²) in [5, 5.41) is 2.26. The van der Waals surface area contributed by atoms with Crippen LogP contribution in [0.1, 0.15) is 69.4 Å². The van der Waals surface area contributed by atoms with Crippen molar-refractivity contribution in [1.29, 1.82) is 0 Å². The van der Waals surface area contributed by atoms with E-state index in [-0.39, 0.29) is 0 Å². The molecule has 0 spiro atoms. The first-order valence-corrected chi connectivity index (χ1v) is 10.4. The third-order valence-electron chi connectivity index (χ3n) is 6.25. The molecule has 1 nitrogen and oxygen atoms in total. The fourth-order valence-corrected chi connectivity index (χ4v) is 4.02. The van der Waals surface area contributed by atoms with Crippen molar-refractivity contribution in [2.45, 2.75) is 66.7 Å². The van der Waals surface area contributed by atoms with Crippen molar-refractivity contribution < 1.29 is 5.94 Å². The van der Waals surface area contributed by atoms with E-state index in [4.69, 9.17) is 1.37 Å². The SMILES string of the molecule is [2H]c1c(C)[n+](C)c(-c2cc(CC)cc(CC)c2C)c2ccc(C(C)CC)cc12. The zero-order valence-electron chi connectivity index (χ0n) is 19.0. The van der Waals surface area contributed by atoms with Crippen LogP contribution in [0.3, 0.4) is 0 Å². The molecule has 0 N–H and O–H groups in total. The molecule has 142 valence electrons. The van der Waals surface area contributed by atoms with Gasteiger partial charge in [0.2, 0.25) is 5.69 Å². The Morgan fingerprint density at radius 2 is 1.78 bits per heavy atom. The third kappa shape index (κ3) is 3.52. The number of hydrogen-bond donors (Lipinski definition) is 0. The molecule has 0 saturated heterocycles. The fraction of sp³-hybridized carbons (Fsp3) is 0.423. The Kier molecular flexibility index (Phi) is 5.29. The summed E-state index contributed by atoms with van der Waals surface area (Å²) in [5.74, 6) is 0.512. The summed E-state index contributed by atoms with van der Waals surface area (Å²) in [6.45, 7) is 13.3. The Balaban J connectivity index is 2.42. The molecule has 0 bridgehead atoms. The summed E-state index contributed by atoms with van der Waals surface area (Å²) in [4.78, 5) is 0. The zero-order valence-corrected chi connectivity index (χ0v) is 18.0. The smallest absolute Gasteiger partial charge is 0.198 e. The lowest BCUT2D eigenvalue weighted by molar-refractivity contribution is -0.665. The van der Waals surface area contributed by atoms with Gasteiger partial charge in [0, 0.05) is 13.0 Å². The Morgan fingerprint density at radius 3 is 2.41 bits per heavy atom. The van der Waals surface area contributed by atoms with Crippen molar-refractivity contribution in [2.24, 2.45) is 7.05 Å². The number of aryl methyl sites for hydroxylation is 2. The van der Waals surface area contributed by atoms with Crippen LogP contribution in [0.15, 0.2) is 36.4 Å². The molecule has 1 heteroatoms. The number of hydrogen-bond acceptors (Lipinski definition) is 0. The van der Waals surface area contributed by atoms with Crippen LogP contribution in [-0.4, -0.2) is 0 Å². The molecule has 27 heavy (non-hydrogen) atoms. The highest BCUT2D eigenvalue weighted by Gasteiger charge is 2.21. The van der Waals surface area contributed by atoms with Gasteiger partial charge in [-0.05, 0) is 71.9 Å². The number of aromatic nitrogens is 1. The zero-order chi connectivity index (χ0) is 20.6. The first-order valence-electron chi connectivity index (χ1n) is 10.9. The number of nitrogens with zero attached hydrogens (tertiary/aromatic N) is 1. The van der Waals surface area contributed by atoms with Crippen LogP contribution in [0.25, 0.3) is 22.0 Å². The molecule has 0 aliphatic heterocycles. The van der Waals surface area contributed by atoms with E-state index >= 15 is 0 Å². The van der Waals surface area contributed by atoms with Crippen molar-refractivity contribution >= 4 is 10.8 Å². The fourth-order valence-electron chi connectivity index (χ4n) is 4.02. The molecule has 0 fully saturated rings. The average molecular weight is 362 g/mol. The van der Waals surface area contributed by atoms with Crippen LogP contribution in [0.4, 0.5) is 0 Å². The Bertz CT molecular complexity index is 1030. The number of benzene rings is 2. The summed E-state index contributed by atoms with van der Waals surface area (Å²) in [5.41, 5.74) is 9.06. The van der Waals surface area contributed by atoms with Crippen LogP contribution in [0.2, 0.25) is 0 Å². The predicted octanol–water partition coefficient (Wildman–Crippen LogP) is 6.59. The van der Waals surface area contributed by atoms with Crippen molar-refractivity contribution in [3.8, 4) is 11.3 Å². The Labute approximate surface area is 166 Å². The van der Waals surface area contributed by atoms with E-state index in [1.807, 2.05) is 0 Å². The molecule has 0 saturated carbocycles. The minimum atomic E-state index is 0.512. The summed E-state index contributed by atoms with van der Waals surface area (Å²) in [6.07, 6.45) is 3.19. The van der Waals surface area contributed by atoms with Crippen LogP contribution < -0.4 is 4.57 Å². The van der Waals surface area contributed by atoms with Crippen molar-refractivity contribution in [2.75, 3.05) is 0 Å². The van der Waals surface area contributed by atoms with E-state index in [2.05, 4.69) is 83.5 Å². The van der Waals surface area contributed by atoms with E-state index in [1.165, 1.54) is 38.9 Å². The molecule has 1 unspecified atom stereocenters. The first kappa shape index (κ1) is 18.2. The third-order valence-corrected chi connectivity index (χ3v) is 6.25. The second-order valence-electron chi connectivity index (χ2n) is 7.87. The molecule has 0 aliphatic carbocycles. The molecule has 3 rings (SSSR count). The molecule has 1 atom stereocenters. The van der Waals surface area contributed by atoms with Crippen molar-refractivity contribution in [3.05, 3.63) is 64.3 Å². The largest absolute Gasteiger partial charge is 0.220 e. The van der Waals surface area contributed by atoms with Gasteiger partial charge in [0.15, 0.2) is 5.69 Å². The summed E-state index contributed by atoms with van der Waals surface area (Å²) < 4.78 is 11.0. The van der Waals surface area contributed by atoms with Gasteiger partial charge in [0.25, 0.3) is 0 Å². The second-order valence-corrected chi connectivity index (χ2v) is 7.87. The van der Waals surface area contributed by atoms with E-state index in [9.17, 15) is 0 Å². The maximum absolute atomic E-state index is 8.77. The summed E-state index contributed by atoms with van der Waals surface area (Å²) >= 11 is 0. The van der Waals surface area contributed by atoms with Gasteiger partial charge in [-0.15, -0.1) is 0 Å². The standard InChI is InChI=1S/C26H34N/c1-8-17(4)22-11-12-24-23(16-22)13-18(5)27(7)26(24)25-15-20(9-2)14-21(10-3)19(25)6/h11-17H,8-10H2,1-7H3/q+1/i13D. The Hall–Kier alpha value is -2.15. The average Bonchev–Trinajstić information content (AvgIpc) is 2.72. The van der Waals surface area contributed by atoms with Gasteiger partial charge in [-0.3, -0.25) is 0 Å². The van der Waals surface area contributed by atoms with Gasteiger partial charge in [-0.2, -0.15) is 4.57 Å². The highest BCUT2D eigenvalue weighted by Crippen LogP contribution is 2.33. The van der Waals surface area contributed by atoms with Gasteiger partial charge in [0.05, 0.1) is 12.3 Å². The lowest BCUT2D eigenvalue weighted by Crippen LogP contribution is -2.35. The van der Waals surface area contributed by atoms with Crippen LogP contribution in [0, 0.1) is 13.8 Å². The lowest BCUT2D eigenvalue weighted by atomic mass is 9.90. The van der Waals surface area contributed by atoms with Gasteiger partial charge in [-0.1, -0.05) is 45.9 Å². The molecular weight excluding hydrogens is 326 g/mol. The van der Waals surface area contributed by atoms with Gasteiger partial charge in [-0.25, -0.2) is 0 Å². The normalized spacial score (nSPS) is 13.1. The highest BCUT2D eigenvalue weighted by atomic mass is 14.9. The number of rotatable bonds is 5. The van der Waals surface area contributed by atoms with E-state index in [1.54, 1.807) is 0 Å². The van der Waals surface area contributed by atoms with Crippen LogP contribution in [-0.2, 0) is 19.9 Å². The monoisotopic (exact) mass is 361 g/mol.